The normalized spacial score (nSPS) is 11.5. The van der Waals surface area contributed by atoms with Gasteiger partial charge in [-0.05, 0) is 23.3 Å². The predicted octanol–water partition coefficient (Wildman–Crippen LogP) is 3.80. The summed E-state index contributed by atoms with van der Waals surface area (Å²) >= 11 is 0. The first kappa shape index (κ1) is 22.5. The van der Waals surface area contributed by atoms with Crippen LogP contribution in [0.5, 0.6) is 11.5 Å². The third-order valence-corrected chi connectivity index (χ3v) is 4.92. The fourth-order valence-electron chi connectivity index (χ4n) is 3.38. The maximum Gasteiger partial charge on any atom is 0.345 e. The number of carbonyl (C=O) groups excluding carboxylic acids is 2. The smallest absolute Gasteiger partial charge is 0.345 e. The quantitative estimate of drug-likeness (QED) is 0.323. The lowest BCUT2D eigenvalue weighted by atomic mass is 10.00. The number of rotatable bonds is 8. The van der Waals surface area contributed by atoms with Crippen LogP contribution in [0.2, 0.25) is 0 Å². The summed E-state index contributed by atoms with van der Waals surface area (Å²) in [5.74, 6) is -1.34. The molecule has 1 N–H and O–H groups in total. The van der Waals surface area contributed by atoms with Gasteiger partial charge in [-0.15, -0.1) is 0 Å². The molecule has 0 aliphatic carbocycles. The van der Waals surface area contributed by atoms with Crippen LogP contribution in [-0.2, 0) is 9.53 Å². The maximum absolute atomic E-state index is 12.5. The summed E-state index contributed by atoms with van der Waals surface area (Å²) in [4.78, 5) is 35.5. The van der Waals surface area contributed by atoms with Crippen LogP contribution in [0.4, 0.5) is 5.69 Å². The number of carbonyl (C=O) groups is 2. The Morgan fingerprint density at radius 3 is 2.38 bits per heavy atom. The highest BCUT2D eigenvalue weighted by atomic mass is 16.6. The van der Waals surface area contributed by atoms with E-state index in [2.05, 4.69) is 5.32 Å². The number of benzene rings is 3. The van der Waals surface area contributed by atoms with Gasteiger partial charge >= 0.3 is 5.97 Å². The van der Waals surface area contributed by atoms with E-state index in [1.807, 2.05) is 49.4 Å². The van der Waals surface area contributed by atoms with E-state index in [0.29, 0.717) is 0 Å². The van der Waals surface area contributed by atoms with Gasteiger partial charge < -0.3 is 19.5 Å². The van der Waals surface area contributed by atoms with Crippen LogP contribution in [0.3, 0.4) is 0 Å². The van der Waals surface area contributed by atoms with Crippen LogP contribution < -0.4 is 14.8 Å². The number of nitrogens with zero attached hydrogens (tertiary/aromatic N) is 1. The number of ether oxygens (including phenoxy) is 3. The molecule has 3 aromatic rings. The summed E-state index contributed by atoms with van der Waals surface area (Å²) < 4.78 is 15.1. The van der Waals surface area contributed by atoms with Crippen molar-refractivity contribution in [2.24, 2.45) is 0 Å². The number of hydrogen-bond donors (Lipinski definition) is 1. The first-order valence-corrected chi connectivity index (χ1v) is 9.70. The summed E-state index contributed by atoms with van der Waals surface area (Å²) in [6.45, 7) is 1.22. The van der Waals surface area contributed by atoms with Gasteiger partial charge in [0.05, 0.1) is 31.3 Å². The Kier molecular flexibility index (Phi) is 6.89. The topological polar surface area (TPSA) is 117 Å². The second-order valence-electron chi connectivity index (χ2n) is 6.92. The first-order valence-electron chi connectivity index (χ1n) is 9.70. The van der Waals surface area contributed by atoms with Crippen molar-refractivity contribution in [3.63, 3.8) is 0 Å². The molecule has 0 saturated carbocycles. The molecular weight excluding hydrogens is 416 g/mol. The molecule has 3 aromatic carbocycles. The predicted molar refractivity (Wildman–Crippen MR) is 117 cm³/mol. The van der Waals surface area contributed by atoms with E-state index in [-0.39, 0.29) is 23.1 Å². The first-order chi connectivity index (χ1) is 15.3. The average Bonchev–Trinajstić information content (AvgIpc) is 2.80. The Labute approximate surface area is 184 Å². The number of methoxy groups -OCH3 is 2. The standard InChI is InChI=1S/C23H22N2O7/c1-14(16-10-6-8-15-7-4-5-9-17(15)16)24-22(26)13-32-23(27)18-11-20(30-2)21(31-3)12-19(18)25(28)29/h4-12,14H,13H2,1-3H3,(H,24,26). The summed E-state index contributed by atoms with van der Waals surface area (Å²) in [6.07, 6.45) is 0. The van der Waals surface area contributed by atoms with E-state index < -0.39 is 29.1 Å². The molecule has 0 radical (unpaired) electrons. The van der Waals surface area contributed by atoms with E-state index in [9.17, 15) is 19.7 Å². The van der Waals surface area contributed by atoms with Gasteiger partial charge in [0.1, 0.15) is 5.56 Å². The number of amides is 1. The monoisotopic (exact) mass is 438 g/mol. The Morgan fingerprint density at radius 1 is 1.03 bits per heavy atom. The molecule has 0 aliphatic heterocycles. The van der Waals surface area contributed by atoms with Crippen LogP contribution in [0, 0.1) is 10.1 Å². The minimum atomic E-state index is -1.02. The number of nitrogens with one attached hydrogen (secondary N) is 1. The lowest BCUT2D eigenvalue weighted by Crippen LogP contribution is -2.31. The maximum atomic E-state index is 12.5. The van der Waals surface area contributed by atoms with Crippen molar-refractivity contribution in [3.05, 3.63) is 75.8 Å². The SMILES string of the molecule is COc1cc(C(=O)OCC(=O)NC(C)c2cccc3ccccc23)c([N+](=O)[O-])cc1OC. The third kappa shape index (κ3) is 4.77. The second kappa shape index (κ2) is 9.78. The number of esters is 1. The zero-order chi connectivity index (χ0) is 23.3. The molecule has 1 amide bonds. The molecular formula is C23H22N2O7. The highest BCUT2D eigenvalue weighted by Crippen LogP contribution is 2.34. The highest BCUT2D eigenvalue weighted by Gasteiger charge is 2.26. The molecule has 1 atom stereocenters. The van der Waals surface area contributed by atoms with Crippen LogP contribution in [0.25, 0.3) is 10.8 Å². The molecule has 0 aromatic heterocycles. The van der Waals surface area contributed by atoms with Crippen LogP contribution in [-0.4, -0.2) is 37.6 Å². The van der Waals surface area contributed by atoms with Crippen LogP contribution in [0.15, 0.2) is 54.6 Å². The van der Waals surface area contributed by atoms with Crippen LogP contribution >= 0.6 is 0 Å². The van der Waals surface area contributed by atoms with Gasteiger partial charge in [-0.2, -0.15) is 0 Å². The minimum Gasteiger partial charge on any atom is -0.493 e. The third-order valence-electron chi connectivity index (χ3n) is 4.92. The van der Waals surface area contributed by atoms with Crippen molar-refractivity contribution in [3.8, 4) is 11.5 Å². The number of nitro benzene ring substituents is 1. The Hall–Kier alpha value is -4.14. The number of fused-ring (bicyclic) bond motifs is 1. The molecule has 0 aliphatic rings. The van der Waals surface area contributed by atoms with Crippen molar-refractivity contribution in [2.75, 3.05) is 20.8 Å². The lowest BCUT2D eigenvalue weighted by molar-refractivity contribution is -0.385. The molecule has 166 valence electrons. The van der Waals surface area contributed by atoms with Crippen molar-refractivity contribution in [1.29, 1.82) is 0 Å². The van der Waals surface area contributed by atoms with Gasteiger partial charge in [-0.25, -0.2) is 4.79 Å². The zero-order valence-electron chi connectivity index (χ0n) is 17.8. The van der Waals surface area contributed by atoms with Crippen molar-refractivity contribution >= 4 is 28.3 Å². The van der Waals surface area contributed by atoms with Gasteiger partial charge in [-0.3, -0.25) is 14.9 Å². The zero-order valence-corrected chi connectivity index (χ0v) is 17.8. The van der Waals surface area contributed by atoms with Gasteiger partial charge in [-0.1, -0.05) is 42.5 Å². The van der Waals surface area contributed by atoms with Crippen molar-refractivity contribution in [2.45, 2.75) is 13.0 Å². The summed E-state index contributed by atoms with van der Waals surface area (Å²) in [5.41, 5.74) is 0.0537. The van der Waals surface area contributed by atoms with Gasteiger partial charge in [0.25, 0.3) is 11.6 Å². The molecule has 9 nitrogen and oxygen atoms in total. The highest BCUT2D eigenvalue weighted by molar-refractivity contribution is 5.96. The Morgan fingerprint density at radius 2 is 1.69 bits per heavy atom. The van der Waals surface area contributed by atoms with E-state index in [1.54, 1.807) is 0 Å². The summed E-state index contributed by atoms with van der Waals surface area (Å²) in [5, 5.41) is 16.2. The Bertz CT molecular complexity index is 1170. The van der Waals surface area contributed by atoms with E-state index >= 15 is 0 Å². The molecule has 0 bridgehead atoms. The lowest BCUT2D eigenvalue weighted by Gasteiger charge is -2.17. The van der Waals surface area contributed by atoms with Crippen molar-refractivity contribution in [1.82, 2.24) is 5.32 Å². The van der Waals surface area contributed by atoms with E-state index in [0.717, 1.165) is 28.5 Å². The van der Waals surface area contributed by atoms with Crippen LogP contribution in [0.1, 0.15) is 28.9 Å². The average molecular weight is 438 g/mol. The van der Waals surface area contributed by atoms with E-state index in [1.165, 1.54) is 14.2 Å². The number of nitro groups is 1. The minimum absolute atomic E-state index is 0.0948. The van der Waals surface area contributed by atoms with E-state index in [4.69, 9.17) is 14.2 Å². The van der Waals surface area contributed by atoms with Gasteiger partial charge in [0.2, 0.25) is 0 Å². The fraction of sp³-hybridized carbons (Fsp3) is 0.217. The molecule has 1 unspecified atom stereocenters. The van der Waals surface area contributed by atoms with Gasteiger partial charge in [0, 0.05) is 6.07 Å². The molecule has 32 heavy (non-hydrogen) atoms. The molecule has 0 fully saturated rings. The Balaban J connectivity index is 1.71. The summed E-state index contributed by atoms with van der Waals surface area (Å²) in [6, 6.07) is 15.4. The van der Waals surface area contributed by atoms with Crippen molar-refractivity contribution < 1.29 is 28.7 Å². The summed E-state index contributed by atoms with van der Waals surface area (Å²) in [7, 11) is 2.65. The fourth-order valence-corrected chi connectivity index (χ4v) is 3.38. The molecule has 9 heteroatoms. The molecule has 0 spiro atoms. The van der Waals surface area contributed by atoms with Gasteiger partial charge in [0.15, 0.2) is 18.1 Å². The number of hydrogen-bond acceptors (Lipinski definition) is 7. The molecule has 0 heterocycles. The molecule has 0 saturated heterocycles. The molecule has 3 rings (SSSR count). The largest absolute Gasteiger partial charge is 0.493 e. The second-order valence-corrected chi connectivity index (χ2v) is 6.92.